The third-order valence-electron chi connectivity index (χ3n) is 2.29. The van der Waals surface area contributed by atoms with Crippen LogP contribution in [0.25, 0.3) is 0 Å². The monoisotopic (exact) mass is 210 g/mol. The van der Waals surface area contributed by atoms with E-state index in [1.54, 1.807) is 23.9 Å². The number of nitrogens with zero attached hydrogens (tertiary/aromatic N) is 1. The highest BCUT2D eigenvalue weighted by Crippen LogP contribution is 2.02. The molecule has 1 heterocycles. The molecule has 0 fully saturated rings. The van der Waals surface area contributed by atoms with Crippen LogP contribution in [0.15, 0.2) is 23.1 Å². The van der Waals surface area contributed by atoms with Gasteiger partial charge in [0.05, 0.1) is 0 Å². The van der Waals surface area contributed by atoms with Crippen molar-refractivity contribution in [1.82, 2.24) is 4.57 Å². The van der Waals surface area contributed by atoms with Crippen LogP contribution >= 0.6 is 0 Å². The van der Waals surface area contributed by atoms with Crippen LogP contribution in [0.4, 0.5) is 0 Å². The van der Waals surface area contributed by atoms with E-state index in [-0.39, 0.29) is 11.6 Å². The zero-order valence-electron chi connectivity index (χ0n) is 9.27. The van der Waals surface area contributed by atoms with Crippen LogP contribution in [0.1, 0.15) is 24.9 Å². The molecule has 1 unspecified atom stereocenters. The highest BCUT2D eigenvalue weighted by atomic mass is 16.5. The smallest absolute Gasteiger partial charge is 0.255 e. The Hall–Kier alpha value is -1.13. The first-order valence-corrected chi connectivity index (χ1v) is 5.10. The predicted molar refractivity (Wildman–Crippen MR) is 59.8 cm³/mol. The molecule has 1 aromatic rings. The zero-order valence-corrected chi connectivity index (χ0v) is 9.27. The van der Waals surface area contributed by atoms with Gasteiger partial charge in [-0.25, -0.2) is 0 Å². The Morgan fingerprint density at radius 1 is 1.60 bits per heavy atom. The molecule has 0 bridgehead atoms. The Labute approximate surface area is 89.7 Å². The van der Waals surface area contributed by atoms with Crippen molar-refractivity contribution in [3.05, 3.63) is 34.2 Å². The van der Waals surface area contributed by atoms with Crippen molar-refractivity contribution in [3.63, 3.8) is 0 Å². The molecule has 0 saturated heterocycles. The van der Waals surface area contributed by atoms with Crippen molar-refractivity contribution in [2.45, 2.75) is 25.9 Å². The van der Waals surface area contributed by atoms with Gasteiger partial charge < -0.3 is 15.0 Å². The number of nitrogens with two attached hydrogens (primary N) is 1. The van der Waals surface area contributed by atoms with Gasteiger partial charge in [-0.2, -0.15) is 0 Å². The molecule has 0 spiro atoms. The lowest BCUT2D eigenvalue weighted by molar-refractivity contribution is 0.190. The Balaban J connectivity index is 2.81. The van der Waals surface area contributed by atoms with Gasteiger partial charge in [0.15, 0.2) is 0 Å². The van der Waals surface area contributed by atoms with Gasteiger partial charge in [0.1, 0.15) is 0 Å². The number of hydrogen-bond acceptors (Lipinski definition) is 3. The Morgan fingerprint density at radius 3 is 2.93 bits per heavy atom. The molecule has 84 valence electrons. The normalized spacial score (nSPS) is 12.7. The summed E-state index contributed by atoms with van der Waals surface area (Å²) in [6.07, 6.45) is 2.61. The third kappa shape index (κ3) is 3.18. The number of rotatable bonds is 5. The number of aryl methyl sites for hydroxylation is 1. The second-order valence-corrected chi connectivity index (χ2v) is 3.60. The van der Waals surface area contributed by atoms with E-state index in [0.29, 0.717) is 18.7 Å². The van der Waals surface area contributed by atoms with E-state index in [0.717, 1.165) is 6.42 Å². The average Bonchev–Trinajstić information content (AvgIpc) is 2.20. The molecule has 15 heavy (non-hydrogen) atoms. The van der Waals surface area contributed by atoms with E-state index < -0.39 is 0 Å². The highest BCUT2D eigenvalue weighted by molar-refractivity contribution is 5.13. The molecule has 2 N–H and O–H groups in total. The third-order valence-corrected chi connectivity index (χ3v) is 2.29. The molecule has 0 aliphatic heterocycles. The summed E-state index contributed by atoms with van der Waals surface area (Å²) in [7, 11) is 1.65. The van der Waals surface area contributed by atoms with Crippen molar-refractivity contribution < 1.29 is 4.74 Å². The molecule has 0 aliphatic carbocycles. The van der Waals surface area contributed by atoms with Crippen LogP contribution in [-0.2, 0) is 11.3 Å². The summed E-state index contributed by atoms with van der Waals surface area (Å²) in [6.45, 7) is 3.15. The minimum atomic E-state index is -0.215. The van der Waals surface area contributed by atoms with Crippen molar-refractivity contribution in [2.75, 3.05) is 13.7 Å². The summed E-state index contributed by atoms with van der Waals surface area (Å²) >= 11 is 0. The Kier molecular flexibility index (Phi) is 4.52. The fourth-order valence-electron chi connectivity index (χ4n) is 1.46. The topological polar surface area (TPSA) is 57.2 Å². The first-order chi connectivity index (χ1) is 7.16. The van der Waals surface area contributed by atoms with Crippen LogP contribution in [-0.4, -0.2) is 18.3 Å². The van der Waals surface area contributed by atoms with Gasteiger partial charge in [-0.3, -0.25) is 4.79 Å². The van der Waals surface area contributed by atoms with Crippen LogP contribution in [0.3, 0.4) is 0 Å². The van der Waals surface area contributed by atoms with Crippen LogP contribution < -0.4 is 11.3 Å². The fraction of sp³-hybridized carbons (Fsp3) is 0.545. The summed E-state index contributed by atoms with van der Waals surface area (Å²) in [4.78, 5) is 11.8. The standard InChI is InChI=1S/C11H18N2O2/c1-9(12)10-5-3-6-13(11(10)14)7-4-8-15-2/h3,5-6,9H,4,7-8,12H2,1-2H3. The van der Waals surface area contributed by atoms with Gasteiger partial charge in [0, 0.05) is 38.1 Å². The Bertz CT molecular complexity index is 358. The molecule has 0 saturated carbocycles. The molecule has 1 atom stereocenters. The van der Waals surface area contributed by atoms with Crippen LogP contribution in [0.5, 0.6) is 0 Å². The van der Waals surface area contributed by atoms with Gasteiger partial charge in [-0.05, 0) is 19.4 Å². The minimum Gasteiger partial charge on any atom is -0.385 e. The molecule has 0 radical (unpaired) electrons. The maximum atomic E-state index is 11.8. The quantitative estimate of drug-likeness (QED) is 0.735. The van der Waals surface area contributed by atoms with Gasteiger partial charge in [0.25, 0.3) is 5.56 Å². The molecule has 4 heteroatoms. The van der Waals surface area contributed by atoms with Crippen LogP contribution in [0.2, 0.25) is 0 Å². The van der Waals surface area contributed by atoms with Gasteiger partial charge in [0.2, 0.25) is 0 Å². The summed E-state index contributed by atoms with van der Waals surface area (Å²) in [5.41, 5.74) is 6.37. The van der Waals surface area contributed by atoms with Gasteiger partial charge in [-0.1, -0.05) is 6.07 Å². The maximum absolute atomic E-state index is 11.8. The van der Waals surface area contributed by atoms with Gasteiger partial charge >= 0.3 is 0 Å². The lowest BCUT2D eigenvalue weighted by atomic mass is 10.1. The lowest BCUT2D eigenvalue weighted by Gasteiger charge is -2.09. The molecule has 0 aromatic carbocycles. The number of pyridine rings is 1. The van der Waals surface area contributed by atoms with Crippen molar-refractivity contribution >= 4 is 0 Å². The lowest BCUT2D eigenvalue weighted by Crippen LogP contribution is -2.26. The maximum Gasteiger partial charge on any atom is 0.255 e. The van der Waals surface area contributed by atoms with Gasteiger partial charge in [-0.15, -0.1) is 0 Å². The fourth-order valence-corrected chi connectivity index (χ4v) is 1.46. The number of methoxy groups -OCH3 is 1. The number of ether oxygens (including phenoxy) is 1. The molecule has 0 amide bonds. The molecular weight excluding hydrogens is 192 g/mol. The minimum absolute atomic E-state index is 0.00334. The van der Waals surface area contributed by atoms with E-state index in [1.165, 1.54) is 0 Å². The average molecular weight is 210 g/mol. The Morgan fingerprint density at radius 2 is 2.33 bits per heavy atom. The summed E-state index contributed by atoms with van der Waals surface area (Å²) in [5, 5.41) is 0. The van der Waals surface area contributed by atoms with E-state index in [2.05, 4.69) is 0 Å². The largest absolute Gasteiger partial charge is 0.385 e. The second-order valence-electron chi connectivity index (χ2n) is 3.60. The van der Waals surface area contributed by atoms with Crippen LogP contribution in [0, 0.1) is 0 Å². The summed E-state index contributed by atoms with van der Waals surface area (Å²) in [6, 6.07) is 3.42. The van der Waals surface area contributed by atoms with E-state index >= 15 is 0 Å². The number of aromatic nitrogens is 1. The van der Waals surface area contributed by atoms with E-state index in [1.807, 2.05) is 13.0 Å². The summed E-state index contributed by atoms with van der Waals surface area (Å²) < 4.78 is 6.62. The van der Waals surface area contributed by atoms with Crippen molar-refractivity contribution in [2.24, 2.45) is 5.73 Å². The van der Waals surface area contributed by atoms with Crippen molar-refractivity contribution in [1.29, 1.82) is 0 Å². The predicted octanol–water partition coefficient (Wildman–Crippen LogP) is 0.905. The molecule has 1 rings (SSSR count). The highest BCUT2D eigenvalue weighted by Gasteiger charge is 2.06. The molecular formula is C11H18N2O2. The van der Waals surface area contributed by atoms with Crippen molar-refractivity contribution in [3.8, 4) is 0 Å². The molecule has 1 aromatic heterocycles. The SMILES string of the molecule is COCCCn1cccc(C(C)N)c1=O. The number of hydrogen-bond donors (Lipinski definition) is 1. The molecule has 0 aliphatic rings. The summed E-state index contributed by atoms with van der Waals surface area (Å²) in [5.74, 6) is 0. The first-order valence-electron chi connectivity index (χ1n) is 5.10. The van der Waals surface area contributed by atoms with E-state index in [9.17, 15) is 4.79 Å². The molecule has 4 nitrogen and oxygen atoms in total. The first kappa shape index (κ1) is 11.9. The van der Waals surface area contributed by atoms with E-state index in [4.69, 9.17) is 10.5 Å². The zero-order chi connectivity index (χ0) is 11.3. The second kappa shape index (κ2) is 5.68.